The highest BCUT2D eigenvalue weighted by Gasteiger charge is 2.31. The number of aromatic amines is 1. The van der Waals surface area contributed by atoms with Gasteiger partial charge in [-0.2, -0.15) is 10.5 Å². The summed E-state index contributed by atoms with van der Waals surface area (Å²) in [4.78, 5) is 29.1. The molecular formula is C21H21N5O3. The largest absolute Gasteiger partial charge is 0.443 e. The molecule has 1 amide bonds. The molecule has 1 aromatic heterocycles. The monoisotopic (exact) mass is 391 g/mol. The molecule has 0 saturated carbocycles. The van der Waals surface area contributed by atoms with Crippen LogP contribution in [0.1, 0.15) is 43.9 Å². The zero-order valence-corrected chi connectivity index (χ0v) is 16.5. The standard InChI is InChI=1S/C21H21N5O3/c1-21(2,3)29-20(28)26-9-5-7-12-6-4-8-13(17(12)26)16-14(10-22)18(24)25-19(27)15(16)11-23/h4,6,8H,5,7,9H2,1-3H3,(H3,24,25,27). The Kier molecular flexibility index (Phi) is 5.04. The Labute approximate surface area is 168 Å². The number of aryl methyl sites for hydroxylation is 1. The first-order valence-corrected chi connectivity index (χ1v) is 9.16. The maximum absolute atomic E-state index is 12.9. The number of carbonyl (C=O) groups is 1. The molecule has 1 aromatic carbocycles. The molecule has 1 aliphatic heterocycles. The highest BCUT2D eigenvalue weighted by Crippen LogP contribution is 2.40. The van der Waals surface area contributed by atoms with Gasteiger partial charge in [-0.3, -0.25) is 9.69 Å². The lowest BCUT2D eigenvalue weighted by atomic mass is 9.90. The smallest absolute Gasteiger partial charge is 0.414 e. The SMILES string of the molecule is CC(C)(C)OC(=O)N1CCCc2cccc(-c3c(C#N)c(N)[nH]c(=O)c3C#N)c21. The topological polar surface area (TPSA) is 136 Å². The molecule has 0 radical (unpaired) electrons. The third-order valence-corrected chi connectivity index (χ3v) is 4.57. The molecule has 3 N–H and O–H groups in total. The fraction of sp³-hybridized carbons (Fsp3) is 0.333. The third kappa shape index (κ3) is 3.65. The first kappa shape index (κ1) is 20.0. The van der Waals surface area contributed by atoms with Gasteiger partial charge in [0, 0.05) is 17.7 Å². The number of amides is 1. The number of nitriles is 2. The number of nitrogens with two attached hydrogens (primary N) is 1. The van der Waals surface area contributed by atoms with E-state index in [2.05, 4.69) is 4.98 Å². The Bertz CT molecular complexity index is 1130. The molecule has 148 valence electrons. The van der Waals surface area contributed by atoms with Gasteiger partial charge in [0.2, 0.25) is 0 Å². The lowest BCUT2D eigenvalue weighted by molar-refractivity contribution is 0.0578. The van der Waals surface area contributed by atoms with Crippen LogP contribution in [0.4, 0.5) is 16.3 Å². The summed E-state index contributed by atoms with van der Waals surface area (Å²) in [6.07, 6.45) is 0.926. The van der Waals surface area contributed by atoms with Crippen LogP contribution in [0.2, 0.25) is 0 Å². The lowest BCUT2D eigenvalue weighted by Crippen LogP contribution is -2.40. The van der Waals surface area contributed by atoms with Crippen LogP contribution in [0.25, 0.3) is 11.1 Å². The van der Waals surface area contributed by atoms with E-state index >= 15 is 0 Å². The van der Waals surface area contributed by atoms with E-state index in [0.717, 1.165) is 12.0 Å². The predicted molar refractivity (Wildman–Crippen MR) is 108 cm³/mol. The minimum Gasteiger partial charge on any atom is -0.443 e. The van der Waals surface area contributed by atoms with Crippen molar-refractivity contribution in [2.24, 2.45) is 0 Å². The average Bonchev–Trinajstić information content (AvgIpc) is 2.65. The summed E-state index contributed by atoms with van der Waals surface area (Å²) in [7, 11) is 0. The van der Waals surface area contributed by atoms with Crippen LogP contribution in [0, 0.1) is 22.7 Å². The predicted octanol–water partition coefficient (Wildman–Crippen LogP) is 3.06. The van der Waals surface area contributed by atoms with Gasteiger partial charge < -0.3 is 15.5 Å². The number of ether oxygens (including phenoxy) is 1. The van der Waals surface area contributed by atoms with Crippen molar-refractivity contribution in [3.05, 3.63) is 45.2 Å². The quantitative estimate of drug-likeness (QED) is 0.767. The number of aromatic nitrogens is 1. The van der Waals surface area contributed by atoms with Crippen LogP contribution in [0.3, 0.4) is 0 Å². The third-order valence-electron chi connectivity index (χ3n) is 4.57. The summed E-state index contributed by atoms with van der Waals surface area (Å²) in [5.74, 6) is -0.122. The fourth-order valence-corrected chi connectivity index (χ4v) is 3.47. The number of anilines is 2. The van der Waals surface area contributed by atoms with Crippen LogP contribution in [0.15, 0.2) is 23.0 Å². The number of pyridine rings is 1. The van der Waals surface area contributed by atoms with Gasteiger partial charge in [-0.1, -0.05) is 18.2 Å². The Morgan fingerprint density at radius 1 is 1.24 bits per heavy atom. The minimum absolute atomic E-state index is 0.00994. The normalized spacial score (nSPS) is 13.2. The van der Waals surface area contributed by atoms with Crippen molar-refractivity contribution in [1.82, 2.24) is 4.98 Å². The summed E-state index contributed by atoms with van der Waals surface area (Å²) >= 11 is 0. The van der Waals surface area contributed by atoms with E-state index < -0.39 is 17.3 Å². The second kappa shape index (κ2) is 7.33. The zero-order valence-electron chi connectivity index (χ0n) is 16.5. The van der Waals surface area contributed by atoms with Crippen molar-refractivity contribution in [3.63, 3.8) is 0 Å². The highest BCUT2D eigenvalue weighted by atomic mass is 16.6. The summed E-state index contributed by atoms with van der Waals surface area (Å²) in [5.41, 5.74) is 6.21. The van der Waals surface area contributed by atoms with E-state index in [-0.39, 0.29) is 22.5 Å². The Morgan fingerprint density at radius 3 is 2.55 bits per heavy atom. The number of benzene rings is 1. The van der Waals surface area contributed by atoms with Crippen LogP contribution < -0.4 is 16.2 Å². The molecule has 29 heavy (non-hydrogen) atoms. The molecule has 0 unspecified atom stereocenters. The number of nitrogens with zero attached hydrogens (tertiary/aromatic N) is 3. The molecule has 0 aliphatic carbocycles. The average molecular weight is 391 g/mol. The summed E-state index contributed by atoms with van der Waals surface area (Å²) in [6.45, 7) is 5.75. The highest BCUT2D eigenvalue weighted by molar-refractivity contribution is 5.98. The molecule has 0 bridgehead atoms. The van der Waals surface area contributed by atoms with Crippen molar-refractivity contribution in [2.75, 3.05) is 17.2 Å². The first-order chi connectivity index (χ1) is 13.7. The second-order valence-corrected chi connectivity index (χ2v) is 7.77. The van der Waals surface area contributed by atoms with Gasteiger partial charge >= 0.3 is 6.09 Å². The number of H-pyrrole nitrogens is 1. The van der Waals surface area contributed by atoms with E-state index in [1.165, 1.54) is 4.90 Å². The van der Waals surface area contributed by atoms with Gasteiger partial charge in [0.25, 0.3) is 5.56 Å². The molecule has 0 fully saturated rings. The van der Waals surface area contributed by atoms with E-state index in [0.29, 0.717) is 24.2 Å². The number of para-hydroxylation sites is 1. The van der Waals surface area contributed by atoms with Crippen molar-refractivity contribution < 1.29 is 9.53 Å². The summed E-state index contributed by atoms with van der Waals surface area (Å²) < 4.78 is 5.55. The van der Waals surface area contributed by atoms with Gasteiger partial charge in [-0.25, -0.2) is 4.79 Å². The van der Waals surface area contributed by atoms with Crippen molar-refractivity contribution >= 4 is 17.6 Å². The van der Waals surface area contributed by atoms with Crippen LogP contribution in [-0.2, 0) is 11.2 Å². The molecule has 0 spiro atoms. The van der Waals surface area contributed by atoms with E-state index in [1.807, 2.05) is 18.2 Å². The number of carbonyl (C=O) groups excluding carboxylic acids is 1. The molecule has 1 aliphatic rings. The second-order valence-electron chi connectivity index (χ2n) is 7.77. The van der Waals surface area contributed by atoms with Gasteiger partial charge in [-0.05, 0) is 39.2 Å². The fourth-order valence-electron chi connectivity index (χ4n) is 3.47. The molecule has 0 atom stereocenters. The molecule has 0 saturated heterocycles. The number of fused-ring (bicyclic) bond motifs is 1. The summed E-state index contributed by atoms with van der Waals surface area (Å²) in [5, 5.41) is 19.2. The molecule has 3 rings (SSSR count). The van der Waals surface area contributed by atoms with Crippen LogP contribution in [-0.4, -0.2) is 23.2 Å². The molecule has 2 heterocycles. The maximum Gasteiger partial charge on any atom is 0.414 e. The number of nitrogen functional groups attached to an aromatic ring is 1. The van der Waals surface area contributed by atoms with E-state index in [1.54, 1.807) is 32.9 Å². The van der Waals surface area contributed by atoms with Crippen molar-refractivity contribution in [2.45, 2.75) is 39.2 Å². The molecular weight excluding hydrogens is 370 g/mol. The molecule has 8 nitrogen and oxygen atoms in total. The maximum atomic E-state index is 12.9. The number of nitrogens with one attached hydrogen (secondary N) is 1. The van der Waals surface area contributed by atoms with Crippen molar-refractivity contribution in [1.29, 1.82) is 10.5 Å². The van der Waals surface area contributed by atoms with Gasteiger partial charge in [0.15, 0.2) is 0 Å². The van der Waals surface area contributed by atoms with Crippen LogP contribution in [0.5, 0.6) is 0 Å². The lowest BCUT2D eigenvalue weighted by Gasteiger charge is -2.33. The zero-order chi connectivity index (χ0) is 21.3. The molecule has 8 heteroatoms. The Hall–Kier alpha value is -3.78. The van der Waals surface area contributed by atoms with Gasteiger partial charge in [0.05, 0.1) is 5.69 Å². The number of hydrogen-bond acceptors (Lipinski definition) is 6. The number of hydrogen-bond donors (Lipinski definition) is 2. The minimum atomic E-state index is -0.687. The Balaban J connectivity index is 2.31. The summed E-state index contributed by atoms with van der Waals surface area (Å²) in [6, 6.07) is 9.17. The molecule has 2 aromatic rings. The van der Waals surface area contributed by atoms with Gasteiger partial charge in [-0.15, -0.1) is 0 Å². The number of rotatable bonds is 1. The first-order valence-electron chi connectivity index (χ1n) is 9.16. The van der Waals surface area contributed by atoms with Crippen LogP contribution >= 0.6 is 0 Å². The Morgan fingerprint density at radius 2 is 1.93 bits per heavy atom. The van der Waals surface area contributed by atoms with E-state index in [9.17, 15) is 20.1 Å². The van der Waals surface area contributed by atoms with Crippen molar-refractivity contribution in [3.8, 4) is 23.3 Å². The van der Waals surface area contributed by atoms with E-state index in [4.69, 9.17) is 10.5 Å². The van der Waals surface area contributed by atoms with Gasteiger partial charge in [0.1, 0.15) is 34.7 Å².